The molecule has 40 heavy (non-hydrogen) atoms. The molecule has 0 spiro atoms. The number of carbonyl (C=O) groups is 2. The molecule has 1 aromatic rings. The van der Waals surface area contributed by atoms with Crippen LogP contribution in [0, 0.1) is 10.8 Å². The summed E-state index contributed by atoms with van der Waals surface area (Å²) < 4.78 is 0. The van der Waals surface area contributed by atoms with E-state index in [2.05, 4.69) is 28.7 Å². The van der Waals surface area contributed by atoms with Crippen LogP contribution in [0.4, 0.5) is 5.69 Å². The van der Waals surface area contributed by atoms with Crippen LogP contribution in [0.2, 0.25) is 0 Å². The largest absolute Gasteiger partial charge is 0.369 e. The molecule has 2 heterocycles. The third kappa shape index (κ3) is 6.17. The Morgan fingerprint density at radius 3 is 2.67 bits per heavy atom. The maximum Gasteiger partial charge on any atom is 0.249 e. The maximum absolute atomic E-state index is 13.7. The number of nitroso groups, excluding NO2 is 1. The van der Waals surface area contributed by atoms with E-state index in [1.807, 2.05) is 47.1 Å². The number of nitrogens with two attached hydrogens (primary N) is 1. The minimum Gasteiger partial charge on any atom is -0.369 e. The molecule has 0 radical (unpaired) electrons. The Kier molecular flexibility index (Phi) is 8.75. The predicted molar refractivity (Wildman–Crippen MR) is 160 cm³/mol. The third-order valence-corrected chi connectivity index (χ3v) is 8.20. The van der Waals surface area contributed by atoms with E-state index >= 15 is 0 Å². The van der Waals surface area contributed by atoms with Gasteiger partial charge in [0.25, 0.3) is 0 Å². The zero-order valence-corrected chi connectivity index (χ0v) is 23.3. The smallest absolute Gasteiger partial charge is 0.249 e. The van der Waals surface area contributed by atoms with E-state index in [4.69, 9.17) is 5.73 Å². The van der Waals surface area contributed by atoms with E-state index < -0.39 is 6.17 Å². The lowest BCUT2D eigenvalue weighted by Crippen LogP contribution is -2.39. The fourth-order valence-corrected chi connectivity index (χ4v) is 6.02. The number of likely N-dealkylation sites (tertiary alicyclic amines) is 1. The number of nitrogens with zero attached hydrogens (tertiary/aromatic N) is 3. The highest BCUT2D eigenvalue weighted by Gasteiger charge is 2.27. The van der Waals surface area contributed by atoms with Crippen molar-refractivity contribution in [1.29, 1.82) is 0 Å². The summed E-state index contributed by atoms with van der Waals surface area (Å²) in [6.45, 7) is 4.82. The van der Waals surface area contributed by atoms with Crippen molar-refractivity contribution in [2.45, 2.75) is 58.0 Å². The standard InChI is InChI=1S/C32H39N5O3/c1-2-15-37(21-26-7-3-4-8-28(26)35-40)32(39)27-18-25-14-13-24(19-29(25)34-30(33)20-27)22-9-11-23(12-10-22)31(38)36-16-5-6-17-36/h3-4,8-9,11,13-14,18-19,26,30,34H,2,5-7,10,12,15-17,20-21,33H2,1H3. The van der Waals surface area contributed by atoms with Crippen LogP contribution < -0.4 is 11.1 Å². The second-order valence-electron chi connectivity index (χ2n) is 11.1. The number of amides is 2. The molecule has 5 rings (SSSR count). The Hall–Kier alpha value is -3.78. The molecule has 2 unspecified atom stereocenters. The molecule has 2 aliphatic carbocycles. The molecule has 1 fully saturated rings. The van der Waals surface area contributed by atoms with Crippen LogP contribution in [-0.2, 0) is 9.59 Å². The number of hydrogen-bond acceptors (Lipinski definition) is 6. The predicted octanol–water partition coefficient (Wildman–Crippen LogP) is 5.36. The van der Waals surface area contributed by atoms with E-state index in [1.54, 1.807) is 6.08 Å². The Labute approximate surface area is 236 Å². The van der Waals surface area contributed by atoms with Gasteiger partial charge in [-0.2, -0.15) is 0 Å². The van der Waals surface area contributed by atoms with Crippen LogP contribution in [0.3, 0.4) is 0 Å². The van der Waals surface area contributed by atoms with Crippen LogP contribution in [0.5, 0.6) is 0 Å². The first-order valence-corrected chi connectivity index (χ1v) is 14.5. The van der Waals surface area contributed by atoms with Gasteiger partial charge >= 0.3 is 0 Å². The summed E-state index contributed by atoms with van der Waals surface area (Å²) in [6, 6.07) is 6.21. The number of hydrogen-bond donors (Lipinski definition) is 2. The van der Waals surface area contributed by atoms with Crippen LogP contribution >= 0.6 is 0 Å². The minimum atomic E-state index is -0.412. The van der Waals surface area contributed by atoms with Gasteiger partial charge in [0.05, 0.1) is 11.9 Å². The summed E-state index contributed by atoms with van der Waals surface area (Å²) in [5.41, 5.74) is 12.6. The summed E-state index contributed by atoms with van der Waals surface area (Å²) in [7, 11) is 0. The molecule has 8 nitrogen and oxygen atoms in total. The number of benzene rings is 1. The van der Waals surface area contributed by atoms with Gasteiger partial charge in [0.15, 0.2) is 0 Å². The van der Waals surface area contributed by atoms with Gasteiger partial charge in [-0.3, -0.25) is 9.59 Å². The summed E-state index contributed by atoms with van der Waals surface area (Å²) in [6.07, 6.45) is 16.8. The van der Waals surface area contributed by atoms with E-state index in [9.17, 15) is 14.5 Å². The highest BCUT2D eigenvalue weighted by molar-refractivity contribution is 5.99. The Morgan fingerprint density at radius 2 is 1.95 bits per heavy atom. The zero-order chi connectivity index (χ0) is 28.1. The fraction of sp³-hybridized carbons (Fsp3) is 0.438. The van der Waals surface area contributed by atoms with Gasteiger partial charge < -0.3 is 20.9 Å². The average Bonchev–Trinajstić information content (AvgIpc) is 3.46. The quantitative estimate of drug-likeness (QED) is 0.431. The molecule has 8 heteroatoms. The molecule has 0 bridgehead atoms. The molecular formula is C32H39N5O3. The topological polar surface area (TPSA) is 108 Å². The SMILES string of the molecule is CCCN(CC1CC=CC=C1N=O)C(=O)C1=Cc2ccc(C3=CC=C(C(=O)N4CCCC4)CC3)cc2NC(N)C1. The lowest BCUT2D eigenvalue weighted by atomic mass is 9.91. The maximum atomic E-state index is 13.7. The van der Waals surface area contributed by atoms with Crippen LogP contribution in [0.1, 0.15) is 63.0 Å². The van der Waals surface area contributed by atoms with E-state index in [1.165, 1.54) is 5.57 Å². The normalized spacial score (nSPS) is 22.2. The third-order valence-electron chi connectivity index (χ3n) is 8.20. The van der Waals surface area contributed by atoms with Crippen molar-refractivity contribution in [3.63, 3.8) is 0 Å². The highest BCUT2D eigenvalue weighted by atomic mass is 16.3. The second kappa shape index (κ2) is 12.6. The molecule has 2 atom stereocenters. The Balaban J connectivity index is 1.34. The van der Waals surface area contributed by atoms with Gasteiger partial charge in [-0.25, -0.2) is 0 Å². The van der Waals surface area contributed by atoms with Crippen molar-refractivity contribution in [2.75, 3.05) is 31.5 Å². The molecule has 3 N–H and O–H groups in total. The van der Waals surface area contributed by atoms with Crippen molar-refractivity contribution in [1.82, 2.24) is 9.80 Å². The van der Waals surface area contributed by atoms with Crippen molar-refractivity contribution >= 4 is 29.2 Å². The van der Waals surface area contributed by atoms with Gasteiger partial charge in [-0.15, -0.1) is 4.91 Å². The van der Waals surface area contributed by atoms with Gasteiger partial charge in [-0.1, -0.05) is 43.4 Å². The van der Waals surface area contributed by atoms with Gasteiger partial charge in [0.2, 0.25) is 11.8 Å². The van der Waals surface area contributed by atoms with Crippen molar-refractivity contribution < 1.29 is 9.59 Å². The lowest BCUT2D eigenvalue weighted by Gasteiger charge is -2.28. The van der Waals surface area contributed by atoms with E-state index in [0.717, 1.165) is 67.6 Å². The number of carbonyl (C=O) groups excluding carboxylic acids is 2. The summed E-state index contributed by atoms with van der Waals surface area (Å²) in [4.78, 5) is 41.6. The molecule has 4 aliphatic rings. The second-order valence-corrected chi connectivity index (χ2v) is 11.1. The summed E-state index contributed by atoms with van der Waals surface area (Å²) in [5.74, 6) is 0.0255. The Bertz CT molecular complexity index is 1320. The summed E-state index contributed by atoms with van der Waals surface area (Å²) >= 11 is 0. The molecule has 0 aromatic heterocycles. The number of allylic oxidation sites excluding steroid dienone is 6. The first kappa shape index (κ1) is 27.8. The Morgan fingerprint density at radius 1 is 1.12 bits per heavy atom. The van der Waals surface area contributed by atoms with Gasteiger partial charge in [0.1, 0.15) is 0 Å². The zero-order valence-electron chi connectivity index (χ0n) is 23.3. The lowest BCUT2D eigenvalue weighted by molar-refractivity contribution is -0.128. The minimum absolute atomic E-state index is 0.0499. The monoisotopic (exact) mass is 541 g/mol. The van der Waals surface area contributed by atoms with Gasteiger partial charge in [0, 0.05) is 55.4 Å². The first-order valence-electron chi connectivity index (χ1n) is 14.5. The molecule has 2 aliphatic heterocycles. The van der Waals surface area contributed by atoms with Crippen LogP contribution in [0.25, 0.3) is 11.6 Å². The molecule has 2 amide bonds. The van der Waals surface area contributed by atoms with E-state index in [0.29, 0.717) is 37.2 Å². The van der Waals surface area contributed by atoms with Crippen molar-refractivity contribution in [2.24, 2.45) is 16.8 Å². The number of nitrogens with one attached hydrogen (secondary N) is 1. The van der Waals surface area contributed by atoms with E-state index in [-0.39, 0.29) is 17.7 Å². The summed E-state index contributed by atoms with van der Waals surface area (Å²) in [5, 5.41) is 6.59. The van der Waals surface area contributed by atoms with Crippen molar-refractivity contribution in [3.05, 3.63) is 81.5 Å². The van der Waals surface area contributed by atoms with Crippen LogP contribution in [0.15, 0.2) is 70.6 Å². The fourth-order valence-electron chi connectivity index (χ4n) is 6.02. The first-order chi connectivity index (χ1) is 19.5. The highest BCUT2D eigenvalue weighted by Crippen LogP contribution is 2.34. The van der Waals surface area contributed by atoms with Gasteiger partial charge in [-0.05, 0) is 78.6 Å². The van der Waals surface area contributed by atoms with Crippen molar-refractivity contribution in [3.8, 4) is 0 Å². The number of fused-ring (bicyclic) bond motifs is 1. The average molecular weight is 542 g/mol. The molecule has 0 saturated carbocycles. The van der Waals surface area contributed by atoms with Crippen LogP contribution in [-0.4, -0.2) is 54.0 Å². The number of anilines is 1. The molecule has 1 saturated heterocycles. The molecular weight excluding hydrogens is 502 g/mol. The molecule has 1 aromatic carbocycles. The number of rotatable bonds is 8. The molecule has 210 valence electrons.